The summed E-state index contributed by atoms with van der Waals surface area (Å²) in [5.41, 5.74) is 5.79. The van der Waals surface area contributed by atoms with Crippen LogP contribution >= 0.6 is 11.3 Å². The number of thiazole rings is 1. The minimum Gasteiger partial charge on any atom is -0.457 e. The topological polar surface area (TPSA) is 94.3 Å². The first-order valence-electron chi connectivity index (χ1n) is 5.33. The molecule has 0 unspecified atom stereocenters. The second kappa shape index (κ2) is 6.87. The van der Waals surface area contributed by atoms with E-state index < -0.39 is 5.97 Å². The van der Waals surface area contributed by atoms with Gasteiger partial charge in [-0.2, -0.15) is 0 Å². The Morgan fingerprint density at radius 3 is 2.94 bits per heavy atom. The SMILES string of the molecule is C=CCOC(=O)c1sc(NC(=O)CCN)nc1C. The zero-order valence-electron chi connectivity index (χ0n) is 10.1. The molecular weight excluding hydrogens is 254 g/mol. The van der Waals surface area contributed by atoms with Gasteiger partial charge in [-0.3, -0.25) is 4.79 Å². The van der Waals surface area contributed by atoms with Crippen LogP contribution in [0.15, 0.2) is 12.7 Å². The molecule has 98 valence electrons. The number of aromatic nitrogens is 1. The Morgan fingerprint density at radius 1 is 1.61 bits per heavy atom. The van der Waals surface area contributed by atoms with Crippen molar-refractivity contribution < 1.29 is 14.3 Å². The van der Waals surface area contributed by atoms with Crippen molar-refractivity contribution in [3.05, 3.63) is 23.2 Å². The summed E-state index contributed by atoms with van der Waals surface area (Å²) in [6.45, 7) is 5.55. The van der Waals surface area contributed by atoms with Gasteiger partial charge < -0.3 is 15.8 Å². The van der Waals surface area contributed by atoms with E-state index in [1.54, 1.807) is 6.92 Å². The molecule has 0 aliphatic carbocycles. The Kier molecular flexibility index (Phi) is 5.47. The van der Waals surface area contributed by atoms with Gasteiger partial charge in [-0.1, -0.05) is 24.0 Å². The molecule has 1 aromatic rings. The summed E-state index contributed by atoms with van der Waals surface area (Å²) >= 11 is 1.08. The minimum absolute atomic E-state index is 0.144. The molecule has 0 bridgehead atoms. The lowest BCUT2D eigenvalue weighted by molar-refractivity contribution is -0.116. The van der Waals surface area contributed by atoms with Crippen LogP contribution in [0.4, 0.5) is 5.13 Å². The van der Waals surface area contributed by atoms with Crippen molar-refractivity contribution in [1.29, 1.82) is 0 Å². The van der Waals surface area contributed by atoms with Crippen LogP contribution in [0.3, 0.4) is 0 Å². The van der Waals surface area contributed by atoms with Gasteiger partial charge in [0.05, 0.1) is 5.69 Å². The number of amides is 1. The van der Waals surface area contributed by atoms with Crippen molar-refractivity contribution >= 4 is 28.3 Å². The molecule has 0 radical (unpaired) electrons. The molecule has 1 aromatic heterocycles. The first-order valence-corrected chi connectivity index (χ1v) is 6.15. The fraction of sp³-hybridized carbons (Fsp3) is 0.364. The molecule has 3 N–H and O–H groups in total. The van der Waals surface area contributed by atoms with Crippen molar-refractivity contribution in [3.63, 3.8) is 0 Å². The number of anilines is 1. The van der Waals surface area contributed by atoms with Gasteiger partial charge in [0, 0.05) is 13.0 Å². The van der Waals surface area contributed by atoms with Crippen LogP contribution in [0.5, 0.6) is 0 Å². The van der Waals surface area contributed by atoms with Crippen LogP contribution in [0, 0.1) is 6.92 Å². The summed E-state index contributed by atoms with van der Waals surface area (Å²) in [7, 11) is 0. The first-order chi connectivity index (χ1) is 8.58. The first kappa shape index (κ1) is 14.3. The average molecular weight is 269 g/mol. The number of aryl methyl sites for hydroxylation is 1. The van der Waals surface area contributed by atoms with E-state index in [0.29, 0.717) is 15.7 Å². The normalized spacial score (nSPS) is 9.89. The van der Waals surface area contributed by atoms with Crippen LogP contribution < -0.4 is 11.1 Å². The Hall–Kier alpha value is -1.73. The molecule has 0 saturated heterocycles. The van der Waals surface area contributed by atoms with E-state index in [4.69, 9.17) is 10.5 Å². The molecule has 7 heteroatoms. The molecular formula is C11H15N3O3S. The highest BCUT2D eigenvalue weighted by Gasteiger charge is 2.17. The standard InChI is InChI=1S/C11H15N3O3S/c1-3-6-17-10(16)9-7(2)13-11(18-9)14-8(15)4-5-12/h3H,1,4-6,12H2,2H3,(H,13,14,15). The molecule has 0 fully saturated rings. The number of nitrogens with one attached hydrogen (secondary N) is 1. The van der Waals surface area contributed by atoms with E-state index in [9.17, 15) is 9.59 Å². The number of nitrogens with zero attached hydrogens (tertiary/aromatic N) is 1. The summed E-state index contributed by atoms with van der Waals surface area (Å²) < 4.78 is 4.90. The van der Waals surface area contributed by atoms with Gasteiger partial charge >= 0.3 is 5.97 Å². The summed E-state index contributed by atoms with van der Waals surface area (Å²) in [6, 6.07) is 0. The largest absolute Gasteiger partial charge is 0.457 e. The maximum Gasteiger partial charge on any atom is 0.350 e. The Balaban J connectivity index is 2.72. The van der Waals surface area contributed by atoms with Gasteiger partial charge in [-0.25, -0.2) is 9.78 Å². The van der Waals surface area contributed by atoms with E-state index in [2.05, 4.69) is 16.9 Å². The Bertz CT molecular complexity index is 456. The quantitative estimate of drug-likeness (QED) is 0.595. The molecule has 0 aliphatic rings. The molecule has 0 saturated carbocycles. The van der Waals surface area contributed by atoms with Gasteiger partial charge in [-0.15, -0.1) is 0 Å². The number of carbonyl (C=O) groups excluding carboxylic acids is 2. The van der Waals surface area contributed by atoms with Crippen molar-refractivity contribution in [3.8, 4) is 0 Å². The van der Waals surface area contributed by atoms with Crippen LogP contribution in [0.2, 0.25) is 0 Å². The van der Waals surface area contributed by atoms with E-state index in [1.807, 2.05) is 0 Å². The molecule has 1 rings (SSSR count). The Morgan fingerprint density at radius 2 is 2.33 bits per heavy atom. The summed E-state index contributed by atoms with van der Waals surface area (Å²) in [6.07, 6.45) is 1.70. The maximum absolute atomic E-state index is 11.6. The van der Waals surface area contributed by atoms with Crippen LogP contribution in [-0.4, -0.2) is 30.0 Å². The van der Waals surface area contributed by atoms with E-state index in [-0.39, 0.29) is 25.5 Å². The van der Waals surface area contributed by atoms with E-state index in [0.717, 1.165) is 11.3 Å². The lowest BCUT2D eigenvalue weighted by atomic mass is 10.4. The molecule has 6 nitrogen and oxygen atoms in total. The predicted molar refractivity (Wildman–Crippen MR) is 69.6 cm³/mol. The third-order valence-electron chi connectivity index (χ3n) is 1.93. The van der Waals surface area contributed by atoms with Crippen LogP contribution in [0.1, 0.15) is 21.8 Å². The van der Waals surface area contributed by atoms with E-state index in [1.165, 1.54) is 6.08 Å². The summed E-state index contributed by atoms with van der Waals surface area (Å²) in [4.78, 5) is 27.4. The monoisotopic (exact) mass is 269 g/mol. The lowest BCUT2D eigenvalue weighted by Crippen LogP contribution is -2.15. The fourth-order valence-electron chi connectivity index (χ4n) is 1.15. The highest BCUT2D eigenvalue weighted by molar-refractivity contribution is 7.17. The highest BCUT2D eigenvalue weighted by Crippen LogP contribution is 2.23. The van der Waals surface area contributed by atoms with E-state index >= 15 is 0 Å². The average Bonchev–Trinajstić information content (AvgIpc) is 2.67. The Labute approximate surface area is 109 Å². The number of hydrogen-bond acceptors (Lipinski definition) is 6. The fourth-order valence-corrected chi connectivity index (χ4v) is 2.03. The predicted octanol–water partition coefficient (Wildman–Crippen LogP) is 1.08. The van der Waals surface area contributed by atoms with Crippen LogP contribution in [0.25, 0.3) is 0 Å². The van der Waals surface area contributed by atoms with Gasteiger partial charge in [0.15, 0.2) is 5.13 Å². The molecule has 1 heterocycles. The van der Waals surface area contributed by atoms with Crippen molar-refractivity contribution in [1.82, 2.24) is 4.98 Å². The van der Waals surface area contributed by atoms with Crippen molar-refractivity contribution in [2.45, 2.75) is 13.3 Å². The molecule has 0 aromatic carbocycles. The number of ether oxygens (including phenoxy) is 1. The number of carbonyl (C=O) groups is 2. The van der Waals surface area contributed by atoms with Crippen LogP contribution in [-0.2, 0) is 9.53 Å². The molecule has 0 aliphatic heterocycles. The molecule has 0 atom stereocenters. The van der Waals surface area contributed by atoms with Crippen molar-refractivity contribution in [2.24, 2.45) is 5.73 Å². The summed E-state index contributed by atoms with van der Waals surface area (Å²) in [5.74, 6) is -0.693. The third-order valence-corrected chi connectivity index (χ3v) is 2.98. The van der Waals surface area contributed by atoms with Gasteiger partial charge in [0.2, 0.25) is 5.91 Å². The third kappa shape index (κ3) is 3.94. The molecule has 18 heavy (non-hydrogen) atoms. The minimum atomic E-state index is -0.468. The second-order valence-corrected chi connectivity index (χ2v) is 4.41. The summed E-state index contributed by atoms with van der Waals surface area (Å²) in [5, 5.41) is 2.95. The van der Waals surface area contributed by atoms with Gasteiger partial charge in [0.25, 0.3) is 0 Å². The molecule has 1 amide bonds. The number of rotatable bonds is 6. The molecule has 0 spiro atoms. The van der Waals surface area contributed by atoms with Gasteiger partial charge in [-0.05, 0) is 6.92 Å². The number of esters is 1. The highest BCUT2D eigenvalue weighted by atomic mass is 32.1. The van der Waals surface area contributed by atoms with Crippen molar-refractivity contribution in [2.75, 3.05) is 18.5 Å². The zero-order chi connectivity index (χ0) is 13.5. The number of hydrogen-bond donors (Lipinski definition) is 2. The maximum atomic E-state index is 11.6. The zero-order valence-corrected chi connectivity index (χ0v) is 10.9. The smallest absolute Gasteiger partial charge is 0.350 e. The number of nitrogens with two attached hydrogens (primary N) is 1. The lowest BCUT2D eigenvalue weighted by Gasteiger charge is -1.99. The van der Waals surface area contributed by atoms with Gasteiger partial charge in [0.1, 0.15) is 11.5 Å². The second-order valence-electron chi connectivity index (χ2n) is 3.41.